The van der Waals surface area contributed by atoms with E-state index in [-0.39, 0.29) is 11.3 Å². The van der Waals surface area contributed by atoms with Crippen LogP contribution in [0.1, 0.15) is 41.6 Å². The molecule has 1 heterocycles. The second-order valence-corrected chi connectivity index (χ2v) is 8.53. The van der Waals surface area contributed by atoms with Crippen LogP contribution in [-0.4, -0.2) is 60.4 Å². The van der Waals surface area contributed by atoms with Gasteiger partial charge in [0.1, 0.15) is 11.5 Å². The fourth-order valence-electron chi connectivity index (χ4n) is 3.87. The Morgan fingerprint density at radius 1 is 1.09 bits per heavy atom. The van der Waals surface area contributed by atoms with E-state index in [0.717, 1.165) is 28.9 Å². The van der Waals surface area contributed by atoms with Gasteiger partial charge >= 0.3 is 0 Å². The number of amides is 1. The predicted octanol–water partition coefficient (Wildman–Crippen LogP) is 4.08. The Morgan fingerprint density at radius 2 is 1.78 bits per heavy atom. The van der Waals surface area contributed by atoms with Crippen molar-refractivity contribution in [3.05, 3.63) is 70.3 Å². The minimum absolute atomic E-state index is 0.129. The van der Waals surface area contributed by atoms with Crippen molar-refractivity contribution in [2.75, 3.05) is 33.8 Å². The van der Waals surface area contributed by atoms with E-state index in [4.69, 9.17) is 4.74 Å². The second-order valence-electron chi connectivity index (χ2n) is 8.53. The number of hydrogen-bond acceptors (Lipinski definition) is 5. The van der Waals surface area contributed by atoms with Crippen LogP contribution in [0.3, 0.4) is 0 Å². The third-order valence-electron chi connectivity index (χ3n) is 5.64. The summed E-state index contributed by atoms with van der Waals surface area (Å²) in [5, 5.41) is 11.3. The van der Waals surface area contributed by atoms with Crippen molar-refractivity contribution in [3.8, 4) is 5.75 Å². The molecule has 0 aliphatic carbocycles. The number of ketones is 1. The van der Waals surface area contributed by atoms with Crippen LogP contribution in [0.4, 0.5) is 0 Å². The van der Waals surface area contributed by atoms with Crippen LogP contribution in [0.5, 0.6) is 5.75 Å². The van der Waals surface area contributed by atoms with Crippen LogP contribution in [0, 0.1) is 13.8 Å². The molecule has 6 heteroatoms. The maximum Gasteiger partial charge on any atom is 0.295 e. The molecule has 0 radical (unpaired) electrons. The summed E-state index contributed by atoms with van der Waals surface area (Å²) in [6.07, 6.45) is 0.905. The van der Waals surface area contributed by atoms with E-state index >= 15 is 0 Å². The molecule has 170 valence electrons. The molecule has 0 aromatic heterocycles. The maximum atomic E-state index is 13.1. The van der Waals surface area contributed by atoms with Gasteiger partial charge in [0.2, 0.25) is 0 Å². The van der Waals surface area contributed by atoms with Gasteiger partial charge in [0.05, 0.1) is 18.2 Å². The predicted molar refractivity (Wildman–Crippen MR) is 126 cm³/mol. The molecule has 1 unspecified atom stereocenters. The Hall–Kier alpha value is -3.12. The van der Waals surface area contributed by atoms with Gasteiger partial charge in [0.25, 0.3) is 11.7 Å². The lowest BCUT2D eigenvalue weighted by Gasteiger charge is -2.27. The Bertz CT molecular complexity index is 1020. The van der Waals surface area contributed by atoms with Gasteiger partial charge in [-0.1, -0.05) is 36.8 Å². The third-order valence-corrected chi connectivity index (χ3v) is 5.64. The summed E-state index contributed by atoms with van der Waals surface area (Å²) < 4.78 is 5.68. The Labute approximate surface area is 190 Å². The van der Waals surface area contributed by atoms with Gasteiger partial charge in [-0.3, -0.25) is 9.59 Å². The normalized spacial score (nSPS) is 17.9. The summed E-state index contributed by atoms with van der Waals surface area (Å²) in [6, 6.07) is 12.5. The van der Waals surface area contributed by atoms with Gasteiger partial charge in [-0.25, -0.2) is 0 Å². The van der Waals surface area contributed by atoms with Gasteiger partial charge < -0.3 is 19.6 Å². The average Bonchev–Trinajstić information content (AvgIpc) is 3.02. The van der Waals surface area contributed by atoms with E-state index in [9.17, 15) is 14.7 Å². The molecule has 3 rings (SSSR count). The summed E-state index contributed by atoms with van der Waals surface area (Å²) in [4.78, 5) is 29.6. The number of carbonyl (C=O) groups is 2. The highest BCUT2D eigenvalue weighted by Gasteiger charge is 2.46. The maximum absolute atomic E-state index is 13.1. The number of carbonyl (C=O) groups excluding carboxylic acids is 2. The molecular weight excluding hydrogens is 404 g/mol. The van der Waals surface area contributed by atoms with Crippen molar-refractivity contribution in [2.24, 2.45) is 0 Å². The number of ether oxygens (including phenoxy) is 1. The molecule has 1 amide bonds. The van der Waals surface area contributed by atoms with E-state index in [2.05, 4.69) is 0 Å². The summed E-state index contributed by atoms with van der Waals surface area (Å²) in [6.45, 7) is 7.45. The summed E-state index contributed by atoms with van der Waals surface area (Å²) in [5.74, 6) is -0.642. The van der Waals surface area contributed by atoms with E-state index < -0.39 is 17.7 Å². The van der Waals surface area contributed by atoms with Crippen LogP contribution in [-0.2, 0) is 9.59 Å². The number of aryl methyl sites for hydroxylation is 2. The number of aliphatic hydroxyl groups is 1. The van der Waals surface area contributed by atoms with Crippen LogP contribution < -0.4 is 4.74 Å². The summed E-state index contributed by atoms with van der Waals surface area (Å²) in [7, 11) is 3.84. The third kappa shape index (κ3) is 4.86. The van der Waals surface area contributed by atoms with Crippen molar-refractivity contribution >= 4 is 17.4 Å². The first kappa shape index (κ1) is 23.5. The first-order valence-electron chi connectivity index (χ1n) is 11.0. The van der Waals surface area contributed by atoms with E-state index in [1.54, 1.807) is 4.90 Å². The highest BCUT2D eigenvalue weighted by Crippen LogP contribution is 2.40. The first-order valence-corrected chi connectivity index (χ1v) is 11.0. The smallest absolute Gasteiger partial charge is 0.295 e. The van der Waals surface area contributed by atoms with Crippen LogP contribution in [0.2, 0.25) is 0 Å². The number of nitrogens with zero attached hydrogens (tertiary/aromatic N) is 2. The molecule has 1 saturated heterocycles. The Kier molecular flexibility index (Phi) is 7.36. The number of aliphatic hydroxyl groups excluding tert-OH is 1. The monoisotopic (exact) mass is 436 g/mol. The van der Waals surface area contributed by atoms with Crippen LogP contribution in [0.25, 0.3) is 5.76 Å². The molecule has 0 bridgehead atoms. The van der Waals surface area contributed by atoms with Gasteiger partial charge in [0, 0.05) is 18.7 Å². The number of hydrogen-bond donors (Lipinski definition) is 1. The first-order chi connectivity index (χ1) is 15.2. The van der Waals surface area contributed by atoms with Crippen LogP contribution in [0.15, 0.2) is 48.0 Å². The molecule has 0 saturated carbocycles. The van der Waals surface area contributed by atoms with Gasteiger partial charge in [-0.05, 0) is 63.7 Å². The molecule has 2 aromatic carbocycles. The lowest BCUT2D eigenvalue weighted by molar-refractivity contribution is -0.140. The number of benzene rings is 2. The number of rotatable bonds is 8. The number of Topliss-reactive ketones (excluding diaryl/α,β-unsaturated/α-hetero) is 1. The highest BCUT2D eigenvalue weighted by atomic mass is 16.5. The van der Waals surface area contributed by atoms with Gasteiger partial charge in [-0.2, -0.15) is 0 Å². The van der Waals surface area contributed by atoms with Gasteiger partial charge in [0.15, 0.2) is 0 Å². The molecule has 1 aliphatic rings. The van der Waals surface area contributed by atoms with Crippen molar-refractivity contribution in [2.45, 2.75) is 33.2 Å². The standard InChI is InChI=1S/C26H32N2O4/c1-6-15-32-20-11-9-19(10-12-20)23-22(24(29)21-16-17(2)7-8-18(21)3)25(30)26(31)28(23)14-13-27(4)5/h7-12,16,23,29H,6,13-15H2,1-5H3. The minimum Gasteiger partial charge on any atom is -0.507 e. The molecule has 1 aliphatic heterocycles. The second kappa shape index (κ2) is 10.0. The van der Waals surface area contributed by atoms with Crippen molar-refractivity contribution in [3.63, 3.8) is 0 Å². The molecule has 1 atom stereocenters. The lowest BCUT2D eigenvalue weighted by atomic mass is 9.93. The van der Waals surface area contributed by atoms with Crippen LogP contribution >= 0.6 is 0 Å². The molecule has 32 heavy (non-hydrogen) atoms. The quantitative estimate of drug-likeness (QED) is 0.384. The zero-order valence-electron chi connectivity index (χ0n) is 19.5. The highest BCUT2D eigenvalue weighted by molar-refractivity contribution is 6.46. The Morgan fingerprint density at radius 3 is 2.41 bits per heavy atom. The zero-order valence-corrected chi connectivity index (χ0v) is 19.5. The van der Waals surface area contributed by atoms with Crippen molar-refractivity contribution in [1.82, 2.24) is 9.80 Å². The SMILES string of the molecule is CCCOc1ccc(C2C(=C(O)c3cc(C)ccc3C)C(=O)C(=O)N2CCN(C)C)cc1. The van der Waals surface area contributed by atoms with Gasteiger partial charge in [-0.15, -0.1) is 0 Å². The molecule has 6 nitrogen and oxygen atoms in total. The lowest BCUT2D eigenvalue weighted by Crippen LogP contribution is -2.35. The molecule has 1 N–H and O–H groups in total. The topological polar surface area (TPSA) is 70.1 Å². The summed E-state index contributed by atoms with van der Waals surface area (Å²) >= 11 is 0. The van der Waals surface area contributed by atoms with Crippen molar-refractivity contribution < 1.29 is 19.4 Å². The molecule has 2 aromatic rings. The molecule has 0 spiro atoms. The fraction of sp³-hybridized carbons (Fsp3) is 0.385. The minimum atomic E-state index is -0.657. The number of likely N-dealkylation sites (N-methyl/N-ethyl adjacent to an activating group) is 1. The zero-order chi connectivity index (χ0) is 23.4. The molecule has 1 fully saturated rings. The largest absolute Gasteiger partial charge is 0.507 e. The van der Waals surface area contributed by atoms with E-state index in [1.807, 2.05) is 82.2 Å². The number of likely N-dealkylation sites (tertiary alicyclic amines) is 1. The molecular formula is C26H32N2O4. The fourth-order valence-corrected chi connectivity index (χ4v) is 3.87. The summed E-state index contributed by atoms with van der Waals surface area (Å²) in [5.41, 5.74) is 3.27. The van der Waals surface area contributed by atoms with Crippen molar-refractivity contribution in [1.29, 1.82) is 0 Å². The van der Waals surface area contributed by atoms with E-state index in [0.29, 0.717) is 25.3 Å². The van der Waals surface area contributed by atoms with E-state index in [1.165, 1.54) is 0 Å². The Balaban J connectivity index is 2.12. The average molecular weight is 437 g/mol.